The van der Waals surface area contributed by atoms with Gasteiger partial charge in [0.05, 0.1) is 6.21 Å². The number of nitrogens with zero attached hydrogens (tertiary/aromatic N) is 2. The van der Waals surface area contributed by atoms with Crippen LogP contribution in [-0.4, -0.2) is 33.9 Å². The number of hydrogen-bond acceptors (Lipinski definition) is 4. The van der Waals surface area contributed by atoms with E-state index < -0.39 is 5.97 Å². The molecule has 2 N–H and O–H groups in total. The van der Waals surface area contributed by atoms with Crippen molar-refractivity contribution in [2.75, 3.05) is 6.54 Å². The summed E-state index contributed by atoms with van der Waals surface area (Å²) in [6, 6.07) is 3.03. The molecule has 0 aliphatic rings. The molecule has 0 aliphatic carbocycles. The number of aromatic hydroxyl groups is 1. The largest absolute Gasteiger partial charge is 0.506 e. The van der Waals surface area contributed by atoms with Gasteiger partial charge in [0.2, 0.25) is 0 Å². The Kier molecular flexibility index (Phi) is 2.97. The van der Waals surface area contributed by atoms with Crippen molar-refractivity contribution >= 4 is 12.2 Å². The first-order valence-corrected chi connectivity index (χ1v) is 3.56. The SMILES string of the molecule is O=C(O)CN=Cc1ncccc1O. The van der Waals surface area contributed by atoms with E-state index in [0.717, 1.165) is 0 Å². The van der Waals surface area contributed by atoms with Crippen molar-refractivity contribution in [1.82, 2.24) is 4.98 Å². The number of carboxylic acid groups (broad SMARTS) is 1. The zero-order valence-corrected chi connectivity index (χ0v) is 6.71. The third-order valence-corrected chi connectivity index (χ3v) is 1.26. The average Bonchev–Trinajstić information content (AvgIpc) is 2.08. The molecule has 1 heterocycles. The van der Waals surface area contributed by atoms with E-state index in [1.165, 1.54) is 18.5 Å². The third-order valence-electron chi connectivity index (χ3n) is 1.26. The quantitative estimate of drug-likeness (QED) is 0.655. The van der Waals surface area contributed by atoms with Crippen molar-refractivity contribution < 1.29 is 15.0 Å². The maximum atomic E-state index is 10.1. The van der Waals surface area contributed by atoms with Crippen LogP contribution in [0.3, 0.4) is 0 Å². The molecule has 0 radical (unpaired) electrons. The summed E-state index contributed by atoms with van der Waals surface area (Å²) in [5.41, 5.74) is 0.267. The van der Waals surface area contributed by atoms with E-state index in [-0.39, 0.29) is 18.0 Å². The van der Waals surface area contributed by atoms with Gasteiger partial charge in [-0.05, 0) is 12.1 Å². The predicted molar refractivity (Wildman–Crippen MR) is 46.0 cm³/mol. The number of aliphatic imine (C=N–C) groups is 1. The highest BCUT2D eigenvalue weighted by Crippen LogP contribution is 2.09. The van der Waals surface area contributed by atoms with E-state index in [0.29, 0.717) is 0 Å². The Morgan fingerprint density at radius 1 is 1.69 bits per heavy atom. The van der Waals surface area contributed by atoms with E-state index in [9.17, 15) is 9.90 Å². The summed E-state index contributed by atoms with van der Waals surface area (Å²) in [4.78, 5) is 17.4. The Bertz CT molecular complexity index is 336. The Morgan fingerprint density at radius 2 is 2.46 bits per heavy atom. The van der Waals surface area contributed by atoms with Gasteiger partial charge >= 0.3 is 5.97 Å². The molecule has 5 nitrogen and oxygen atoms in total. The van der Waals surface area contributed by atoms with Crippen LogP contribution in [0, 0.1) is 0 Å². The van der Waals surface area contributed by atoms with Crippen LogP contribution in [0.4, 0.5) is 0 Å². The number of rotatable bonds is 3. The molecule has 68 valence electrons. The third kappa shape index (κ3) is 2.90. The van der Waals surface area contributed by atoms with Crippen LogP contribution in [0.1, 0.15) is 5.69 Å². The molecule has 0 aliphatic heterocycles. The van der Waals surface area contributed by atoms with Gasteiger partial charge in [0.1, 0.15) is 18.0 Å². The second-order valence-corrected chi connectivity index (χ2v) is 2.27. The van der Waals surface area contributed by atoms with E-state index in [2.05, 4.69) is 9.98 Å². The van der Waals surface area contributed by atoms with Gasteiger partial charge in [-0.2, -0.15) is 0 Å². The Balaban J connectivity index is 2.68. The number of aliphatic carboxylic acids is 1. The fourth-order valence-electron chi connectivity index (χ4n) is 0.719. The summed E-state index contributed by atoms with van der Waals surface area (Å²) in [7, 11) is 0. The topological polar surface area (TPSA) is 82.8 Å². The van der Waals surface area contributed by atoms with Gasteiger partial charge in [-0.3, -0.25) is 14.8 Å². The second kappa shape index (κ2) is 4.20. The first kappa shape index (κ1) is 9.18. The van der Waals surface area contributed by atoms with E-state index in [1.54, 1.807) is 6.07 Å². The fraction of sp³-hybridized carbons (Fsp3) is 0.125. The van der Waals surface area contributed by atoms with Crippen molar-refractivity contribution in [3.8, 4) is 5.75 Å². The number of carbonyl (C=O) groups is 1. The van der Waals surface area contributed by atoms with Gasteiger partial charge in [0, 0.05) is 6.20 Å². The minimum absolute atomic E-state index is 0.0170. The lowest BCUT2D eigenvalue weighted by Crippen LogP contribution is -1.99. The molecule has 0 fully saturated rings. The predicted octanol–water partition coefficient (Wildman–Crippen LogP) is 0.291. The first-order valence-electron chi connectivity index (χ1n) is 3.56. The highest BCUT2D eigenvalue weighted by Gasteiger charge is 1.97. The number of pyridine rings is 1. The molecule has 0 unspecified atom stereocenters. The Hall–Kier alpha value is -1.91. The van der Waals surface area contributed by atoms with Crippen molar-refractivity contribution in [1.29, 1.82) is 0 Å². The highest BCUT2D eigenvalue weighted by atomic mass is 16.4. The summed E-state index contributed by atoms with van der Waals surface area (Å²) in [5.74, 6) is -1.04. The summed E-state index contributed by atoms with van der Waals surface area (Å²) < 4.78 is 0. The van der Waals surface area contributed by atoms with Crippen LogP contribution in [0.15, 0.2) is 23.3 Å². The number of carboxylic acids is 1. The summed E-state index contributed by atoms with van der Waals surface area (Å²) in [6.07, 6.45) is 2.71. The Labute approximate surface area is 74.4 Å². The highest BCUT2D eigenvalue weighted by molar-refractivity contribution is 5.82. The second-order valence-electron chi connectivity index (χ2n) is 2.27. The van der Waals surface area contributed by atoms with Crippen LogP contribution in [0.25, 0.3) is 0 Å². The zero-order chi connectivity index (χ0) is 9.68. The molecule has 13 heavy (non-hydrogen) atoms. The lowest BCUT2D eigenvalue weighted by atomic mass is 10.3. The zero-order valence-electron chi connectivity index (χ0n) is 6.71. The van der Waals surface area contributed by atoms with Crippen molar-refractivity contribution in [2.45, 2.75) is 0 Å². The van der Waals surface area contributed by atoms with Crippen LogP contribution in [-0.2, 0) is 4.79 Å². The lowest BCUT2D eigenvalue weighted by molar-refractivity contribution is -0.135. The number of hydrogen-bond donors (Lipinski definition) is 2. The molecular formula is C8H8N2O3. The average molecular weight is 180 g/mol. The van der Waals surface area contributed by atoms with Crippen LogP contribution in [0.2, 0.25) is 0 Å². The minimum Gasteiger partial charge on any atom is -0.506 e. The maximum absolute atomic E-state index is 10.1. The molecule has 0 aromatic carbocycles. The van der Waals surface area contributed by atoms with Crippen molar-refractivity contribution in [2.24, 2.45) is 4.99 Å². The van der Waals surface area contributed by atoms with Gasteiger partial charge in [-0.15, -0.1) is 0 Å². The molecule has 1 rings (SSSR count). The van der Waals surface area contributed by atoms with Crippen LogP contribution in [0.5, 0.6) is 5.75 Å². The molecule has 0 bridgehead atoms. The fourth-order valence-corrected chi connectivity index (χ4v) is 0.719. The molecule has 1 aromatic heterocycles. The molecule has 0 saturated carbocycles. The summed E-state index contributed by atoms with van der Waals surface area (Å²) in [5, 5.41) is 17.4. The van der Waals surface area contributed by atoms with E-state index in [4.69, 9.17) is 5.11 Å². The van der Waals surface area contributed by atoms with Gasteiger partial charge in [-0.1, -0.05) is 0 Å². The minimum atomic E-state index is -1.02. The molecule has 0 saturated heterocycles. The number of aromatic nitrogens is 1. The molecular weight excluding hydrogens is 172 g/mol. The molecule has 0 atom stereocenters. The molecule has 0 spiro atoms. The van der Waals surface area contributed by atoms with Crippen LogP contribution < -0.4 is 0 Å². The maximum Gasteiger partial charge on any atom is 0.325 e. The van der Waals surface area contributed by atoms with Crippen molar-refractivity contribution in [3.63, 3.8) is 0 Å². The lowest BCUT2D eigenvalue weighted by Gasteiger charge is -1.94. The molecule has 0 amide bonds. The van der Waals surface area contributed by atoms with E-state index in [1.807, 2.05) is 0 Å². The van der Waals surface area contributed by atoms with E-state index >= 15 is 0 Å². The standard InChI is InChI=1S/C8H8N2O3/c11-7-2-1-3-10-6(7)4-9-5-8(12)13/h1-4,11H,5H2,(H,12,13). The Morgan fingerprint density at radius 3 is 3.08 bits per heavy atom. The smallest absolute Gasteiger partial charge is 0.325 e. The molecule has 5 heteroatoms. The van der Waals surface area contributed by atoms with Gasteiger partial charge in [-0.25, -0.2) is 0 Å². The van der Waals surface area contributed by atoms with Gasteiger partial charge in [0.25, 0.3) is 0 Å². The monoisotopic (exact) mass is 180 g/mol. The molecule has 1 aromatic rings. The summed E-state index contributed by atoms with van der Waals surface area (Å²) >= 11 is 0. The normalized spacial score (nSPS) is 10.5. The van der Waals surface area contributed by atoms with Crippen molar-refractivity contribution in [3.05, 3.63) is 24.0 Å². The summed E-state index contributed by atoms with van der Waals surface area (Å²) in [6.45, 7) is -0.323. The first-order chi connectivity index (χ1) is 6.20. The van der Waals surface area contributed by atoms with Gasteiger partial charge in [0.15, 0.2) is 0 Å². The van der Waals surface area contributed by atoms with Crippen LogP contribution >= 0.6 is 0 Å². The van der Waals surface area contributed by atoms with Gasteiger partial charge < -0.3 is 10.2 Å².